The molecular weight excluding hydrogens is 224 g/mol. The number of rotatable bonds is 4. The Bertz CT molecular complexity index is 378. The molecule has 0 radical (unpaired) electrons. The van der Waals surface area contributed by atoms with Crippen molar-refractivity contribution in [1.29, 1.82) is 0 Å². The van der Waals surface area contributed by atoms with Crippen LogP contribution in [0.4, 0.5) is 0 Å². The van der Waals surface area contributed by atoms with Gasteiger partial charge in [-0.3, -0.25) is 0 Å². The summed E-state index contributed by atoms with van der Waals surface area (Å²) in [4.78, 5) is 0. The van der Waals surface area contributed by atoms with Gasteiger partial charge in [0.15, 0.2) is 0 Å². The predicted molar refractivity (Wildman–Crippen MR) is 73.8 cm³/mol. The number of benzene rings is 1. The molecule has 0 bridgehead atoms. The van der Waals surface area contributed by atoms with Gasteiger partial charge in [0.1, 0.15) is 5.75 Å². The minimum Gasteiger partial charge on any atom is -0.493 e. The van der Waals surface area contributed by atoms with Crippen LogP contribution in [0.1, 0.15) is 51.5 Å². The highest BCUT2D eigenvalue weighted by molar-refractivity contribution is 5.38. The van der Waals surface area contributed by atoms with E-state index in [1.165, 1.54) is 19.3 Å². The molecule has 1 aliphatic carbocycles. The fraction of sp³-hybridized carbons (Fsp3) is 0.625. The molecule has 0 amide bonds. The Hall–Kier alpha value is -1.02. The van der Waals surface area contributed by atoms with E-state index in [9.17, 15) is 5.11 Å². The summed E-state index contributed by atoms with van der Waals surface area (Å²) in [6.45, 7) is 4.56. The smallest absolute Gasteiger partial charge is 0.125 e. The summed E-state index contributed by atoms with van der Waals surface area (Å²) in [6.07, 6.45) is 6.01. The van der Waals surface area contributed by atoms with Gasteiger partial charge in [0, 0.05) is 5.56 Å². The molecule has 1 saturated carbocycles. The van der Waals surface area contributed by atoms with E-state index in [1.54, 1.807) is 0 Å². The van der Waals surface area contributed by atoms with Gasteiger partial charge in [0.2, 0.25) is 0 Å². The molecule has 1 unspecified atom stereocenters. The van der Waals surface area contributed by atoms with Crippen LogP contribution in [-0.4, -0.2) is 11.7 Å². The lowest BCUT2D eigenvalue weighted by Gasteiger charge is -2.36. The molecule has 0 heterocycles. The van der Waals surface area contributed by atoms with Gasteiger partial charge in [-0.25, -0.2) is 0 Å². The highest BCUT2D eigenvalue weighted by Gasteiger charge is 2.36. The van der Waals surface area contributed by atoms with Crippen molar-refractivity contribution < 1.29 is 9.84 Å². The SMILES string of the molecule is CCOc1ccccc1C(C)(O)C1CCCCC1. The first-order chi connectivity index (χ1) is 8.66. The zero-order chi connectivity index (χ0) is 13.0. The maximum atomic E-state index is 10.9. The summed E-state index contributed by atoms with van der Waals surface area (Å²) in [7, 11) is 0. The van der Waals surface area contributed by atoms with Crippen LogP contribution in [0.25, 0.3) is 0 Å². The van der Waals surface area contributed by atoms with Gasteiger partial charge in [-0.15, -0.1) is 0 Å². The third-order valence-electron chi connectivity index (χ3n) is 4.13. The molecule has 1 aromatic carbocycles. The number of ether oxygens (including phenoxy) is 1. The van der Waals surface area contributed by atoms with E-state index < -0.39 is 5.60 Å². The molecule has 0 aliphatic heterocycles. The number of hydrogen-bond donors (Lipinski definition) is 1. The lowest BCUT2D eigenvalue weighted by molar-refractivity contribution is -0.0234. The van der Waals surface area contributed by atoms with Crippen molar-refractivity contribution in [2.75, 3.05) is 6.61 Å². The number of para-hydroxylation sites is 1. The normalized spacial score (nSPS) is 20.4. The summed E-state index contributed by atoms with van der Waals surface area (Å²) in [5, 5.41) is 10.9. The second-order valence-corrected chi connectivity index (χ2v) is 5.41. The highest BCUT2D eigenvalue weighted by atomic mass is 16.5. The van der Waals surface area contributed by atoms with E-state index in [2.05, 4.69) is 0 Å². The van der Waals surface area contributed by atoms with Gasteiger partial charge in [0.25, 0.3) is 0 Å². The summed E-state index contributed by atoms with van der Waals surface area (Å²) in [5.41, 5.74) is 0.172. The molecule has 2 heteroatoms. The van der Waals surface area contributed by atoms with E-state index in [0.29, 0.717) is 12.5 Å². The summed E-state index contributed by atoms with van der Waals surface area (Å²) >= 11 is 0. The lowest BCUT2D eigenvalue weighted by Crippen LogP contribution is -2.33. The van der Waals surface area contributed by atoms with Gasteiger partial charge in [0.05, 0.1) is 12.2 Å². The van der Waals surface area contributed by atoms with Crippen molar-refractivity contribution in [2.24, 2.45) is 5.92 Å². The standard InChI is InChI=1S/C16H24O2/c1-3-18-15-12-8-7-11-14(15)16(2,17)13-9-5-4-6-10-13/h7-8,11-13,17H,3-6,9-10H2,1-2H3. The Balaban J connectivity index is 2.27. The van der Waals surface area contributed by atoms with Crippen LogP contribution >= 0.6 is 0 Å². The van der Waals surface area contributed by atoms with Crippen LogP contribution in [0.2, 0.25) is 0 Å². The number of aliphatic hydroxyl groups is 1. The van der Waals surface area contributed by atoms with Crippen LogP contribution in [-0.2, 0) is 5.60 Å². The zero-order valence-electron chi connectivity index (χ0n) is 11.5. The van der Waals surface area contributed by atoms with Crippen LogP contribution in [0.5, 0.6) is 5.75 Å². The molecule has 1 aliphatic rings. The molecule has 2 rings (SSSR count). The summed E-state index contributed by atoms with van der Waals surface area (Å²) in [5.74, 6) is 1.18. The lowest BCUT2D eigenvalue weighted by atomic mass is 9.74. The van der Waals surface area contributed by atoms with Gasteiger partial charge >= 0.3 is 0 Å². The van der Waals surface area contributed by atoms with Crippen molar-refractivity contribution in [3.63, 3.8) is 0 Å². The zero-order valence-corrected chi connectivity index (χ0v) is 11.5. The third-order valence-corrected chi connectivity index (χ3v) is 4.13. The van der Waals surface area contributed by atoms with Crippen molar-refractivity contribution >= 4 is 0 Å². The predicted octanol–water partition coefficient (Wildman–Crippen LogP) is 3.87. The van der Waals surface area contributed by atoms with Gasteiger partial charge in [-0.1, -0.05) is 37.5 Å². The van der Waals surface area contributed by atoms with Gasteiger partial charge in [-0.2, -0.15) is 0 Å². The molecule has 1 atom stereocenters. The molecule has 0 spiro atoms. The monoisotopic (exact) mass is 248 g/mol. The molecule has 0 saturated heterocycles. The van der Waals surface area contributed by atoms with Crippen molar-refractivity contribution in [3.8, 4) is 5.75 Å². The largest absolute Gasteiger partial charge is 0.493 e. The Kier molecular flexibility index (Phi) is 4.28. The third kappa shape index (κ3) is 2.69. The van der Waals surface area contributed by atoms with E-state index in [4.69, 9.17) is 4.74 Å². The van der Waals surface area contributed by atoms with Crippen LogP contribution < -0.4 is 4.74 Å². The van der Waals surface area contributed by atoms with E-state index in [1.807, 2.05) is 38.1 Å². The van der Waals surface area contributed by atoms with Crippen LogP contribution in [0.15, 0.2) is 24.3 Å². The minimum atomic E-state index is -0.772. The molecule has 100 valence electrons. The molecule has 0 aromatic heterocycles. The molecule has 1 fully saturated rings. The molecule has 2 nitrogen and oxygen atoms in total. The average Bonchev–Trinajstić information content (AvgIpc) is 2.41. The van der Waals surface area contributed by atoms with Crippen LogP contribution in [0.3, 0.4) is 0 Å². The second-order valence-electron chi connectivity index (χ2n) is 5.41. The van der Waals surface area contributed by atoms with E-state index in [-0.39, 0.29) is 0 Å². The van der Waals surface area contributed by atoms with Gasteiger partial charge < -0.3 is 9.84 Å². The van der Waals surface area contributed by atoms with Crippen molar-refractivity contribution in [1.82, 2.24) is 0 Å². The molecule has 1 N–H and O–H groups in total. The first-order valence-electron chi connectivity index (χ1n) is 7.11. The fourth-order valence-corrected chi connectivity index (χ4v) is 3.05. The Labute approximate surface area is 110 Å². The minimum absolute atomic E-state index is 0.354. The maximum Gasteiger partial charge on any atom is 0.125 e. The Morgan fingerprint density at radius 2 is 1.89 bits per heavy atom. The first kappa shape index (κ1) is 13.4. The number of hydrogen-bond acceptors (Lipinski definition) is 2. The van der Waals surface area contributed by atoms with E-state index >= 15 is 0 Å². The van der Waals surface area contributed by atoms with Crippen molar-refractivity contribution in [3.05, 3.63) is 29.8 Å². The van der Waals surface area contributed by atoms with Crippen molar-refractivity contribution in [2.45, 2.75) is 51.6 Å². The highest BCUT2D eigenvalue weighted by Crippen LogP contribution is 2.42. The molecule has 1 aromatic rings. The first-order valence-corrected chi connectivity index (χ1v) is 7.11. The fourth-order valence-electron chi connectivity index (χ4n) is 3.05. The van der Waals surface area contributed by atoms with Crippen LogP contribution in [0, 0.1) is 5.92 Å². The van der Waals surface area contributed by atoms with Gasteiger partial charge in [-0.05, 0) is 38.7 Å². The Morgan fingerprint density at radius 3 is 2.56 bits per heavy atom. The van der Waals surface area contributed by atoms with E-state index in [0.717, 1.165) is 24.2 Å². The molecular formula is C16H24O2. The average molecular weight is 248 g/mol. The quantitative estimate of drug-likeness (QED) is 0.876. The summed E-state index contributed by atoms with van der Waals surface area (Å²) in [6, 6.07) is 7.90. The topological polar surface area (TPSA) is 29.5 Å². The molecule has 18 heavy (non-hydrogen) atoms. The Morgan fingerprint density at radius 1 is 1.22 bits per heavy atom. The summed E-state index contributed by atoms with van der Waals surface area (Å²) < 4.78 is 5.65. The second kappa shape index (κ2) is 5.75. The maximum absolute atomic E-state index is 10.9.